The molecule has 0 aliphatic carbocycles. The number of aliphatic hydroxyl groups is 1. The Morgan fingerprint density at radius 3 is 2.54 bits per heavy atom. The quantitative estimate of drug-likeness (QED) is 0.462. The molecule has 1 aliphatic rings. The Bertz CT molecular complexity index is 998. The van der Waals surface area contributed by atoms with Crippen molar-refractivity contribution in [1.29, 1.82) is 0 Å². The number of hydrogen-bond acceptors (Lipinski definition) is 6. The molecule has 1 aliphatic heterocycles. The second kappa shape index (κ2) is 7.84. The Kier molecular flexibility index (Phi) is 5.10. The molecular weight excluding hydrogens is 360 g/mol. The number of carbonyl (C=O) groups excluding carboxylic acids is 2. The molecule has 4 rings (SSSR count). The Morgan fingerprint density at radius 2 is 1.75 bits per heavy atom. The summed E-state index contributed by atoms with van der Waals surface area (Å²) in [6.45, 7) is -0.569. The van der Waals surface area contributed by atoms with E-state index in [1.54, 1.807) is 0 Å². The molecule has 144 valence electrons. The molecule has 0 saturated heterocycles. The van der Waals surface area contributed by atoms with Gasteiger partial charge in [0.2, 0.25) is 0 Å². The van der Waals surface area contributed by atoms with Crippen LogP contribution in [0.5, 0.6) is 0 Å². The number of rotatable bonds is 5. The van der Waals surface area contributed by atoms with Crippen LogP contribution in [0.3, 0.4) is 0 Å². The number of hydrogen-bond donors (Lipinski definition) is 3. The van der Waals surface area contributed by atoms with Crippen molar-refractivity contribution >= 4 is 22.8 Å². The number of ether oxygens (including phenoxy) is 2. The van der Waals surface area contributed by atoms with Crippen molar-refractivity contribution in [3.8, 4) is 0 Å². The first kappa shape index (κ1) is 18.2. The molecule has 0 amide bonds. The van der Waals surface area contributed by atoms with E-state index in [2.05, 4.69) is 10.3 Å². The first-order chi connectivity index (χ1) is 13.7. The van der Waals surface area contributed by atoms with Crippen LogP contribution in [0, 0.1) is 0 Å². The predicted molar refractivity (Wildman–Crippen MR) is 101 cm³/mol. The summed E-state index contributed by atoms with van der Waals surface area (Å²) in [5.74, 6) is -1.10. The number of aromatic nitrogens is 1. The van der Waals surface area contributed by atoms with Crippen molar-refractivity contribution in [3.63, 3.8) is 0 Å². The zero-order valence-electron chi connectivity index (χ0n) is 15.1. The van der Waals surface area contributed by atoms with Gasteiger partial charge in [0.25, 0.3) is 0 Å². The monoisotopic (exact) mass is 380 g/mol. The van der Waals surface area contributed by atoms with Gasteiger partial charge in [-0.1, -0.05) is 48.5 Å². The van der Waals surface area contributed by atoms with Gasteiger partial charge in [-0.05, 0) is 17.2 Å². The molecule has 7 nitrogen and oxygen atoms in total. The molecule has 28 heavy (non-hydrogen) atoms. The Labute approximate surface area is 161 Å². The van der Waals surface area contributed by atoms with Crippen molar-refractivity contribution in [2.24, 2.45) is 0 Å². The number of H-pyrrole nitrogens is 1. The zero-order chi connectivity index (χ0) is 19.5. The highest BCUT2D eigenvalue weighted by Crippen LogP contribution is 2.32. The molecule has 1 aromatic heterocycles. The Hall–Kier alpha value is -3.16. The van der Waals surface area contributed by atoms with Gasteiger partial charge in [-0.2, -0.15) is 0 Å². The van der Waals surface area contributed by atoms with Gasteiger partial charge in [-0.15, -0.1) is 0 Å². The van der Waals surface area contributed by atoms with E-state index >= 15 is 0 Å². The normalized spacial score (nSPS) is 18.5. The lowest BCUT2D eigenvalue weighted by atomic mass is 9.94. The Morgan fingerprint density at radius 1 is 1.00 bits per heavy atom. The number of aromatic amines is 1. The van der Waals surface area contributed by atoms with Crippen molar-refractivity contribution < 1.29 is 24.2 Å². The molecule has 0 bridgehead atoms. The predicted octanol–water partition coefficient (Wildman–Crippen LogP) is 1.96. The largest absolute Gasteiger partial charge is 0.460 e. The van der Waals surface area contributed by atoms with E-state index in [9.17, 15) is 9.59 Å². The highest BCUT2D eigenvalue weighted by Gasteiger charge is 2.38. The summed E-state index contributed by atoms with van der Waals surface area (Å²) >= 11 is 0. The third kappa shape index (κ3) is 3.49. The third-order valence-electron chi connectivity index (χ3n) is 4.86. The average molecular weight is 380 g/mol. The van der Waals surface area contributed by atoms with Gasteiger partial charge in [0, 0.05) is 23.0 Å². The summed E-state index contributed by atoms with van der Waals surface area (Å²) in [5.41, 5.74) is 3.27. The van der Waals surface area contributed by atoms with Gasteiger partial charge < -0.3 is 19.6 Å². The van der Waals surface area contributed by atoms with Crippen LogP contribution < -0.4 is 5.32 Å². The van der Waals surface area contributed by atoms with E-state index in [-0.39, 0.29) is 6.61 Å². The van der Waals surface area contributed by atoms with Gasteiger partial charge in [-0.3, -0.25) is 10.1 Å². The highest BCUT2D eigenvalue weighted by atomic mass is 16.6. The summed E-state index contributed by atoms with van der Waals surface area (Å²) in [5, 5.41) is 12.9. The van der Waals surface area contributed by atoms with Gasteiger partial charge in [0.05, 0.1) is 0 Å². The first-order valence-corrected chi connectivity index (χ1v) is 9.01. The zero-order valence-corrected chi connectivity index (χ0v) is 15.1. The van der Waals surface area contributed by atoms with Gasteiger partial charge in [0.1, 0.15) is 18.7 Å². The van der Waals surface area contributed by atoms with Crippen LogP contribution in [0.25, 0.3) is 10.9 Å². The Balaban J connectivity index is 1.60. The first-order valence-electron chi connectivity index (χ1n) is 9.01. The van der Waals surface area contributed by atoms with Crippen LogP contribution in [-0.4, -0.2) is 34.9 Å². The van der Waals surface area contributed by atoms with Crippen molar-refractivity contribution in [3.05, 3.63) is 71.4 Å². The molecule has 0 saturated carbocycles. The van der Waals surface area contributed by atoms with E-state index in [1.807, 2.05) is 54.6 Å². The van der Waals surface area contributed by atoms with Crippen LogP contribution >= 0.6 is 0 Å². The molecule has 2 aromatic carbocycles. The molecular formula is C21H20N2O5. The molecule has 0 fully saturated rings. The lowest BCUT2D eigenvalue weighted by molar-refractivity contribution is -0.156. The molecule has 0 spiro atoms. The lowest BCUT2D eigenvalue weighted by Crippen LogP contribution is -2.48. The summed E-state index contributed by atoms with van der Waals surface area (Å²) in [6, 6.07) is 15.5. The van der Waals surface area contributed by atoms with Crippen LogP contribution in [0.1, 0.15) is 22.9 Å². The SMILES string of the molecule is O=C(OCc1ccccc1)C1Cc2c([nH]c3ccccc23)C(C(=O)OCO)N1. The van der Waals surface area contributed by atoms with E-state index in [4.69, 9.17) is 14.6 Å². The van der Waals surface area contributed by atoms with Gasteiger partial charge >= 0.3 is 11.9 Å². The van der Waals surface area contributed by atoms with Gasteiger partial charge in [0.15, 0.2) is 6.79 Å². The molecule has 2 atom stereocenters. The number of nitrogens with one attached hydrogen (secondary N) is 2. The molecule has 3 aromatic rings. The van der Waals surface area contributed by atoms with E-state index in [1.165, 1.54) is 0 Å². The van der Waals surface area contributed by atoms with E-state index in [0.29, 0.717) is 12.1 Å². The maximum atomic E-state index is 12.7. The van der Waals surface area contributed by atoms with Crippen LogP contribution in [-0.2, 0) is 32.1 Å². The van der Waals surface area contributed by atoms with Crippen LogP contribution in [0.2, 0.25) is 0 Å². The summed E-state index contributed by atoms with van der Waals surface area (Å²) < 4.78 is 10.2. The number of para-hydroxylation sites is 1. The molecule has 2 unspecified atom stereocenters. The fourth-order valence-electron chi connectivity index (χ4n) is 3.55. The minimum Gasteiger partial charge on any atom is -0.460 e. The fraction of sp³-hybridized carbons (Fsp3) is 0.238. The topological polar surface area (TPSA) is 101 Å². The summed E-state index contributed by atoms with van der Waals surface area (Å²) in [4.78, 5) is 28.3. The third-order valence-corrected chi connectivity index (χ3v) is 4.86. The fourth-order valence-corrected chi connectivity index (χ4v) is 3.55. The number of benzene rings is 2. The van der Waals surface area contributed by atoms with Crippen LogP contribution in [0.15, 0.2) is 54.6 Å². The van der Waals surface area contributed by atoms with Crippen molar-refractivity contribution in [2.45, 2.75) is 25.1 Å². The number of esters is 2. The maximum absolute atomic E-state index is 12.7. The number of fused-ring (bicyclic) bond motifs is 3. The van der Waals surface area contributed by atoms with Crippen LogP contribution in [0.4, 0.5) is 0 Å². The molecule has 2 heterocycles. The molecule has 3 N–H and O–H groups in total. The minimum atomic E-state index is -0.891. The summed E-state index contributed by atoms with van der Waals surface area (Å²) in [7, 11) is 0. The highest BCUT2D eigenvalue weighted by molar-refractivity contribution is 5.90. The van der Waals surface area contributed by atoms with Crippen molar-refractivity contribution in [1.82, 2.24) is 10.3 Å². The second-order valence-electron chi connectivity index (χ2n) is 6.60. The van der Waals surface area contributed by atoms with Gasteiger partial charge in [-0.25, -0.2) is 4.79 Å². The lowest BCUT2D eigenvalue weighted by Gasteiger charge is -2.28. The average Bonchev–Trinajstić information content (AvgIpc) is 3.11. The number of carbonyl (C=O) groups is 2. The maximum Gasteiger partial charge on any atom is 0.331 e. The number of aliphatic hydroxyl groups excluding tert-OH is 1. The smallest absolute Gasteiger partial charge is 0.331 e. The minimum absolute atomic E-state index is 0.157. The standard InChI is InChI=1S/C21H20N2O5/c24-12-28-21(26)19-18-15(14-8-4-5-9-16(14)22-18)10-17(23-19)20(25)27-11-13-6-2-1-3-7-13/h1-9,17,19,22-24H,10-12H2. The second-order valence-corrected chi connectivity index (χ2v) is 6.60. The summed E-state index contributed by atoms with van der Waals surface area (Å²) in [6.07, 6.45) is 0.385. The van der Waals surface area contributed by atoms with E-state index in [0.717, 1.165) is 22.0 Å². The molecule has 7 heteroatoms. The molecule has 0 radical (unpaired) electrons. The van der Waals surface area contributed by atoms with Crippen molar-refractivity contribution in [2.75, 3.05) is 6.79 Å². The van der Waals surface area contributed by atoms with E-state index < -0.39 is 30.8 Å².